The zero-order valence-corrected chi connectivity index (χ0v) is 17.8. The van der Waals surface area contributed by atoms with Crippen LogP contribution in [0.3, 0.4) is 0 Å². The first-order valence-corrected chi connectivity index (χ1v) is 10.9. The molecule has 0 fully saturated rings. The van der Waals surface area contributed by atoms with E-state index < -0.39 is 17.8 Å². The number of para-hydroxylation sites is 1. The Hall–Kier alpha value is -3.55. The van der Waals surface area contributed by atoms with E-state index in [2.05, 4.69) is 4.98 Å². The van der Waals surface area contributed by atoms with Crippen LogP contribution in [0.15, 0.2) is 75.9 Å². The first-order chi connectivity index (χ1) is 15.5. The first kappa shape index (κ1) is 19.2. The first-order valence-electron chi connectivity index (χ1n) is 9.73. The molecule has 2 aromatic heterocycles. The number of nitrogens with zero attached hydrogens (tertiary/aromatic N) is 2. The molecule has 156 valence electrons. The molecular formula is C24H12ClFN2O3S. The number of anilines is 1. The molecule has 5 nitrogen and oxygen atoms in total. The van der Waals surface area contributed by atoms with Gasteiger partial charge in [-0.3, -0.25) is 14.5 Å². The Balaban J connectivity index is 1.66. The number of aromatic nitrogens is 1. The number of amides is 1. The monoisotopic (exact) mass is 462 g/mol. The van der Waals surface area contributed by atoms with Gasteiger partial charge in [-0.05, 0) is 36.4 Å². The standard InChI is InChI=1S/C24H12ClFN2O3S/c25-12-9-10-16-18(11-12)32-24(27-16)28-20(13-5-1-3-7-15(13)26)19-21(29)14-6-2-4-8-17(14)31-22(19)23(28)30/h1-11,20H. The van der Waals surface area contributed by atoms with E-state index >= 15 is 0 Å². The van der Waals surface area contributed by atoms with Crippen molar-refractivity contribution in [1.82, 2.24) is 4.98 Å². The fraction of sp³-hybridized carbons (Fsp3) is 0.0417. The maximum absolute atomic E-state index is 14.9. The molecule has 3 heterocycles. The van der Waals surface area contributed by atoms with Gasteiger partial charge in [-0.25, -0.2) is 9.37 Å². The van der Waals surface area contributed by atoms with Gasteiger partial charge in [0.15, 0.2) is 10.6 Å². The normalized spacial score (nSPS) is 15.6. The minimum absolute atomic E-state index is 0.0979. The molecule has 0 spiro atoms. The highest BCUT2D eigenvalue weighted by atomic mass is 35.5. The number of carbonyl (C=O) groups is 1. The topological polar surface area (TPSA) is 63.4 Å². The fourth-order valence-corrected chi connectivity index (χ4v) is 5.37. The summed E-state index contributed by atoms with van der Waals surface area (Å²) < 4.78 is 21.6. The maximum Gasteiger partial charge on any atom is 0.297 e. The van der Waals surface area contributed by atoms with E-state index in [4.69, 9.17) is 16.0 Å². The summed E-state index contributed by atoms with van der Waals surface area (Å²) in [7, 11) is 0. The van der Waals surface area contributed by atoms with Crippen molar-refractivity contribution in [2.45, 2.75) is 6.04 Å². The Morgan fingerprint density at radius 3 is 2.66 bits per heavy atom. The van der Waals surface area contributed by atoms with E-state index in [1.807, 2.05) is 0 Å². The molecule has 1 aliphatic heterocycles. The van der Waals surface area contributed by atoms with Crippen molar-refractivity contribution >= 4 is 55.2 Å². The lowest BCUT2D eigenvalue weighted by atomic mass is 9.98. The van der Waals surface area contributed by atoms with E-state index in [-0.39, 0.29) is 22.3 Å². The van der Waals surface area contributed by atoms with Gasteiger partial charge in [0.05, 0.1) is 21.2 Å². The number of thiazole rings is 1. The number of rotatable bonds is 2. The quantitative estimate of drug-likeness (QED) is 0.325. The van der Waals surface area contributed by atoms with Crippen LogP contribution in [0.1, 0.15) is 27.7 Å². The lowest BCUT2D eigenvalue weighted by Gasteiger charge is -2.22. The molecule has 8 heteroatoms. The summed E-state index contributed by atoms with van der Waals surface area (Å²) in [5.74, 6) is -1.17. The van der Waals surface area contributed by atoms with Crippen molar-refractivity contribution in [3.63, 3.8) is 0 Å². The largest absolute Gasteiger partial charge is 0.450 e. The third-order valence-electron chi connectivity index (χ3n) is 5.52. The zero-order chi connectivity index (χ0) is 22.0. The second-order valence-corrected chi connectivity index (χ2v) is 8.82. The van der Waals surface area contributed by atoms with Crippen LogP contribution in [-0.4, -0.2) is 10.9 Å². The average Bonchev–Trinajstić information content (AvgIpc) is 3.32. The van der Waals surface area contributed by atoms with Crippen LogP contribution in [0.5, 0.6) is 0 Å². The Labute approximate surface area is 189 Å². The van der Waals surface area contributed by atoms with Crippen LogP contribution in [0.25, 0.3) is 21.2 Å². The molecule has 0 saturated carbocycles. The molecule has 1 amide bonds. The predicted octanol–water partition coefficient (Wildman–Crippen LogP) is 5.95. The van der Waals surface area contributed by atoms with Gasteiger partial charge in [0, 0.05) is 10.6 Å². The summed E-state index contributed by atoms with van der Waals surface area (Å²) in [4.78, 5) is 32.9. The summed E-state index contributed by atoms with van der Waals surface area (Å²) >= 11 is 7.35. The highest BCUT2D eigenvalue weighted by Crippen LogP contribution is 2.44. The highest BCUT2D eigenvalue weighted by Gasteiger charge is 2.45. The van der Waals surface area contributed by atoms with Gasteiger partial charge in [-0.1, -0.05) is 53.3 Å². The molecule has 0 bridgehead atoms. The summed E-state index contributed by atoms with van der Waals surface area (Å²) in [5.41, 5.74) is 0.885. The Morgan fingerprint density at radius 1 is 1.03 bits per heavy atom. The van der Waals surface area contributed by atoms with E-state index in [0.29, 0.717) is 26.6 Å². The third-order valence-corrected chi connectivity index (χ3v) is 6.78. The SMILES string of the molecule is O=C1c2oc3ccccc3c(=O)c2C(c2ccccc2F)N1c1nc2ccc(Cl)cc2s1. The molecule has 0 N–H and O–H groups in total. The van der Waals surface area contributed by atoms with Crippen molar-refractivity contribution in [3.8, 4) is 0 Å². The molecule has 1 unspecified atom stereocenters. The molecule has 6 rings (SSSR count). The molecular weight excluding hydrogens is 451 g/mol. The summed E-state index contributed by atoms with van der Waals surface area (Å²) in [6, 6.07) is 17.0. The molecule has 1 aliphatic rings. The third kappa shape index (κ3) is 2.71. The second kappa shape index (κ2) is 6.98. The Bertz CT molecular complexity index is 1630. The number of carbonyl (C=O) groups excluding carboxylic acids is 1. The van der Waals surface area contributed by atoms with Gasteiger partial charge < -0.3 is 4.42 Å². The van der Waals surface area contributed by atoms with Crippen molar-refractivity contribution in [2.24, 2.45) is 0 Å². The lowest BCUT2D eigenvalue weighted by molar-refractivity contribution is 0.0971. The number of halogens is 2. The smallest absolute Gasteiger partial charge is 0.297 e. The van der Waals surface area contributed by atoms with Crippen LogP contribution >= 0.6 is 22.9 Å². The van der Waals surface area contributed by atoms with Crippen LogP contribution in [0.2, 0.25) is 5.02 Å². The molecule has 0 radical (unpaired) electrons. The molecule has 3 aromatic carbocycles. The van der Waals surface area contributed by atoms with Gasteiger partial charge >= 0.3 is 0 Å². The van der Waals surface area contributed by atoms with E-state index in [1.165, 1.54) is 22.3 Å². The minimum atomic E-state index is -1.00. The number of fused-ring (bicyclic) bond motifs is 3. The molecule has 5 aromatic rings. The van der Waals surface area contributed by atoms with Gasteiger partial charge in [-0.2, -0.15) is 0 Å². The molecule has 0 saturated heterocycles. The van der Waals surface area contributed by atoms with Crippen LogP contribution in [0.4, 0.5) is 9.52 Å². The van der Waals surface area contributed by atoms with Crippen LogP contribution in [-0.2, 0) is 0 Å². The molecule has 1 atom stereocenters. The summed E-state index contributed by atoms with van der Waals surface area (Å²) in [6.45, 7) is 0. The number of hydrogen-bond acceptors (Lipinski definition) is 5. The van der Waals surface area contributed by atoms with Gasteiger partial charge in [0.2, 0.25) is 5.76 Å². The van der Waals surface area contributed by atoms with Crippen molar-refractivity contribution in [2.75, 3.05) is 4.90 Å². The average molecular weight is 463 g/mol. The van der Waals surface area contributed by atoms with Crippen LogP contribution < -0.4 is 10.3 Å². The molecule has 0 aliphatic carbocycles. The molecule has 32 heavy (non-hydrogen) atoms. The number of benzene rings is 3. The zero-order valence-electron chi connectivity index (χ0n) is 16.2. The van der Waals surface area contributed by atoms with E-state index in [0.717, 1.165) is 4.70 Å². The summed E-state index contributed by atoms with van der Waals surface area (Å²) in [5, 5.41) is 1.20. The van der Waals surface area contributed by atoms with Gasteiger partial charge in [-0.15, -0.1) is 0 Å². The van der Waals surface area contributed by atoms with Crippen molar-refractivity contribution < 1.29 is 13.6 Å². The van der Waals surface area contributed by atoms with Crippen LogP contribution in [0, 0.1) is 5.82 Å². The minimum Gasteiger partial charge on any atom is -0.450 e. The van der Waals surface area contributed by atoms with E-state index in [9.17, 15) is 14.0 Å². The van der Waals surface area contributed by atoms with Gasteiger partial charge in [0.1, 0.15) is 17.4 Å². The van der Waals surface area contributed by atoms with Gasteiger partial charge in [0.25, 0.3) is 5.91 Å². The van der Waals surface area contributed by atoms with E-state index in [1.54, 1.807) is 60.7 Å². The van der Waals surface area contributed by atoms with Crippen molar-refractivity contribution in [3.05, 3.63) is 105 Å². The highest BCUT2D eigenvalue weighted by molar-refractivity contribution is 7.22. The lowest BCUT2D eigenvalue weighted by Crippen LogP contribution is -2.30. The maximum atomic E-state index is 14.9. The van der Waals surface area contributed by atoms with Crippen molar-refractivity contribution in [1.29, 1.82) is 0 Å². The predicted molar refractivity (Wildman–Crippen MR) is 122 cm³/mol. The fourth-order valence-electron chi connectivity index (χ4n) is 4.10. The summed E-state index contributed by atoms with van der Waals surface area (Å²) in [6.07, 6.45) is 0. The number of hydrogen-bond donors (Lipinski definition) is 0. The Morgan fingerprint density at radius 2 is 1.81 bits per heavy atom. The Kier molecular flexibility index (Phi) is 4.18. The second-order valence-electron chi connectivity index (χ2n) is 7.38.